The summed E-state index contributed by atoms with van der Waals surface area (Å²) in [6.45, 7) is 2.42. The quantitative estimate of drug-likeness (QED) is 0.473. The molecule has 0 aromatic rings. The van der Waals surface area contributed by atoms with E-state index in [4.69, 9.17) is 16.7 Å². The summed E-state index contributed by atoms with van der Waals surface area (Å²) in [5, 5.41) is 8.80. The second kappa shape index (κ2) is 7.36. The fourth-order valence-corrected chi connectivity index (χ4v) is 1.01. The zero-order valence-electron chi connectivity index (χ0n) is 6.65. The molecule has 1 nitrogen and oxygen atoms in total. The molecule has 0 saturated heterocycles. The summed E-state index contributed by atoms with van der Waals surface area (Å²) in [6, 6.07) is 0. The molecule has 0 aliphatic heterocycles. The molecule has 0 radical (unpaired) electrons. The van der Waals surface area contributed by atoms with Crippen molar-refractivity contribution in [3.05, 3.63) is 0 Å². The number of aliphatic hydroxyl groups is 1. The molecule has 0 rings (SSSR count). The Morgan fingerprint density at radius 2 is 2.00 bits per heavy atom. The van der Waals surface area contributed by atoms with Crippen molar-refractivity contribution < 1.29 is 5.11 Å². The van der Waals surface area contributed by atoms with Crippen molar-refractivity contribution in [3.63, 3.8) is 0 Å². The SMILES string of the molecule is CCC(Cl)CCCCCO. The normalized spacial score (nSPS) is 13.5. The van der Waals surface area contributed by atoms with Crippen LogP contribution in [0.15, 0.2) is 0 Å². The Bertz CT molecular complexity index is 66.3. The summed E-state index contributed by atoms with van der Waals surface area (Å²) < 4.78 is 0. The summed E-state index contributed by atoms with van der Waals surface area (Å²) >= 11 is 5.88. The van der Waals surface area contributed by atoms with Crippen LogP contribution in [0.3, 0.4) is 0 Å². The number of alkyl halides is 1. The van der Waals surface area contributed by atoms with Gasteiger partial charge in [-0.15, -0.1) is 11.6 Å². The smallest absolute Gasteiger partial charge is 0.0431 e. The molecule has 0 aromatic carbocycles. The van der Waals surface area contributed by atoms with Crippen LogP contribution in [0.1, 0.15) is 39.0 Å². The van der Waals surface area contributed by atoms with Crippen LogP contribution in [-0.4, -0.2) is 17.1 Å². The van der Waals surface area contributed by atoms with Gasteiger partial charge in [-0.2, -0.15) is 0 Å². The van der Waals surface area contributed by atoms with Crippen LogP contribution >= 0.6 is 11.6 Å². The highest BCUT2D eigenvalue weighted by Crippen LogP contribution is 2.11. The maximum atomic E-state index is 8.46. The zero-order valence-corrected chi connectivity index (χ0v) is 7.40. The van der Waals surface area contributed by atoms with E-state index in [9.17, 15) is 0 Å². The van der Waals surface area contributed by atoms with E-state index in [1.165, 1.54) is 0 Å². The first-order valence-electron chi connectivity index (χ1n) is 4.06. The Labute approximate surface area is 68.4 Å². The predicted octanol–water partition coefficient (Wildman–Crippen LogP) is 2.56. The lowest BCUT2D eigenvalue weighted by atomic mass is 10.1. The van der Waals surface area contributed by atoms with Gasteiger partial charge >= 0.3 is 0 Å². The number of unbranched alkanes of at least 4 members (excludes halogenated alkanes) is 2. The molecule has 0 aliphatic carbocycles. The van der Waals surface area contributed by atoms with E-state index in [1.807, 2.05) is 0 Å². The summed E-state index contributed by atoms with van der Waals surface area (Å²) in [7, 11) is 0. The van der Waals surface area contributed by atoms with Crippen molar-refractivity contribution >= 4 is 11.6 Å². The van der Waals surface area contributed by atoms with E-state index in [2.05, 4.69) is 6.92 Å². The van der Waals surface area contributed by atoms with Crippen molar-refractivity contribution in [2.75, 3.05) is 6.61 Å². The van der Waals surface area contributed by atoms with Gasteiger partial charge in [0.15, 0.2) is 0 Å². The third-order valence-corrected chi connectivity index (χ3v) is 2.15. The molecule has 0 spiro atoms. The molecule has 62 valence electrons. The van der Waals surface area contributed by atoms with E-state index in [1.54, 1.807) is 0 Å². The highest BCUT2D eigenvalue weighted by Gasteiger charge is 1.99. The van der Waals surface area contributed by atoms with Crippen molar-refractivity contribution in [1.29, 1.82) is 0 Å². The minimum absolute atomic E-state index is 0.319. The second-order valence-corrected chi connectivity index (χ2v) is 3.20. The maximum absolute atomic E-state index is 8.46. The number of hydrogen-bond acceptors (Lipinski definition) is 1. The summed E-state index contributed by atoms with van der Waals surface area (Å²) in [5.74, 6) is 0. The summed E-state index contributed by atoms with van der Waals surface area (Å²) in [6.07, 6.45) is 5.34. The Balaban J connectivity index is 2.89. The number of halogens is 1. The van der Waals surface area contributed by atoms with Gasteiger partial charge < -0.3 is 5.11 Å². The fraction of sp³-hybridized carbons (Fsp3) is 1.00. The lowest BCUT2D eigenvalue weighted by Crippen LogP contribution is -1.95. The Hall–Kier alpha value is 0.250. The van der Waals surface area contributed by atoms with E-state index in [0.717, 1.165) is 32.1 Å². The number of rotatable bonds is 6. The summed E-state index contributed by atoms with van der Waals surface area (Å²) in [4.78, 5) is 0. The molecule has 0 bridgehead atoms. The van der Waals surface area contributed by atoms with Gasteiger partial charge in [0.25, 0.3) is 0 Å². The van der Waals surface area contributed by atoms with Crippen LogP contribution in [0.2, 0.25) is 0 Å². The minimum Gasteiger partial charge on any atom is -0.396 e. The molecule has 2 heteroatoms. The third kappa shape index (κ3) is 6.37. The minimum atomic E-state index is 0.319. The number of aliphatic hydroxyl groups excluding tert-OH is 1. The monoisotopic (exact) mass is 164 g/mol. The molecule has 1 atom stereocenters. The van der Waals surface area contributed by atoms with E-state index < -0.39 is 0 Å². The standard InChI is InChI=1S/C8H17ClO/c1-2-8(9)6-4-3-5-7-10/h8,10H,2-7H2,1H3. The molecule has 0 heterocycles. The first kappa shape index (κ1) is 10.2. The molecule has 0 saturated carbocycles. The van der Waals surface area contributed by atoms with E-state index >= 15 is 0 Å². The average molecular weight is 165 g/mol. The van der Waals surface area contributed by atoms with Crippen LogP contribution in [-0.2, 0) is 0 Å². The molecular weight excluding hydrogens is 148 g/mol. The van der Waals surface area contributed by atoms with Crippen molar-refractivity contribution in [2.45, 2.75) is 44.4 Å². The lowest BCUT2D eigenvalue weighted by molar-refractivity contribution is 0.282. The van der Waals surface area contributed by atoms with Crippen molar-refractivity contribution in [3.8, 4) is 0 Å². The largest absolute Gasteiger partial charge is 0.396 e. The molecule has 1 unspecified atom stereocenters. The first-order chi connectivity index (χ1) is 4.81. The zero-order chi connectivity index (χ0) is 7.82. The van der Waals surface area contributed by atoms with E-state index in [0.29, 0.717) is 12.0 Å². The maximum Gasteiger partial charge on any atom is 0.0431 e. The number of hydrogen-bond donors (Lipinski definition) is 1. The topological polar surface area (TPSA) is 20.2 Å². The van der Waals surface area contributed by atoms with E-state index in [-0.39, 0.29) is 0 Å². The Morgan fingerprint density at radius 1 is 1.30 bits per heavy atom. The summed E-state index contributed by atoms with van der Waals surface area (Å²) in [5.41, 5.74) is 0. The third-order valence-electron chi connectivity index (χ3n) is 1.62. The lowest BCUT2D eigenvalue weighted by Gasteiger charge is -2.03. The van der Waals surface area contributed by atoms with Crippen LogP contribution in [0, 0.1) is 0 Å². The van der Waals surface area contributed by atoms with Gasteiger partial charge in [0.2, 0.25) is 0 Å². The molecule has 0 amide bonds. The van der Waals surface area contributed by atoms with Gasteiger partial charge in [-0.25, -0.2) is 0 Å². The fourth-order valence-electron chi connectivity index (χ4n) is 0.859. The van der Waals surface area contributed by atoms with Gasteiger partial charge in [0, 0.05) is 12.0 Å². The van der Waals surface area contributed by atoms with Crippen LogP contribution in [0.25, 0.3) is 0 Å². The van der Waals surface area contributed by atoms with Crippen LogP contribution in [0.5, 0.6) is 0 Å². The molecule has 0 fully saturated rings. The first-order valence-corrected chi connectivity index (χ1v) is 4.49. The molecule has 0 aromatic heterocycles. The second-order valence-electron chi connectivity index (χ2n) is 2.58. The predicted molar refractivity (Wildman–Crippen MR) is 45.5 cm³/mol. The van der Waals surface area contributed by atoms with Gasteiger partial charge in [-0.05, 0) is 19.3 Å². The van der Waals surface area contributed by atoms with Gasteiger partial charge in [-0.1, -0.05) is 19.8 Å². The van der Waals surface area contributed by atoms with Crippen molar-refractivity contribution in [2.24, 2.45) is 0 Å². The molecule has 0 aliphatic rings. The Morgan fingerprint density at radius 3 is 2.50 bits per heavy atom. The van der Waals surface area contributed by atoms with Gasteiger partial charge in [-0.3, -0.25) is 0 Å². The molecular formula is C8H17ClO. The Kier molecular flexibility index (Phi) is 7.54. The molecule has 10 heavy (non-hydrogen) atoms. The van der Waals surface area contributed by atoms with Gasteiger partial charge in [0.05, 0.1) is 0 Å². The highest BCUT2D eigenvalue weighted by molar-refractivity contribution is 6.20. The van der Waals surface area contributed by atoms with Crippen LogP contribution in [0.4, 0.5) is 0 Å². The van der Waals surface area contributed by atoms with Crippen LogP contribution < -0.4 is 0 Å². The molecule has 1 N–H and O–H groups in total. The van der Waals surface area contributed by atoms with Gasteiger partial charge in [0.1, 0.15) is 0 Å². The van der Waals surface area contributed by atoms with Crippen molar-refractivity contribution in [1.82, 2.24) is 0 Å². The average Bonchev–Trinajstić information content (AvgIpc) is 1.98. The highest BCUT2D eigenvalue weighted by atomic mass is 35.5.